The molecule has 3 N–H and O–H groups in total. The molecule has 1 aromatic heterocycles. The molecule has 0 aliphatic rings. The monoisotopic (exact) mass is 282 g/mol. The molecule has 1 aromatic carbocycles. The molecule has 0 radical (unpaired) electrons. The van der Waals surface area contributed by atoms with E-state index in [4.69, 9.17) is 5.14 Å². The molecule has 0 saturated heterocycles. The fraction of sp³-hybridized carbons (Fsp3) is 0.273. The Morgan fingerprint density at radius 3 is 2.89 bits per heavy atom. The summed E-state index contributed by atoms with van der Waals surface area (Å²) in [6.07, 6.45) is 1.25. The van der Waals surface area contributed by atoms with E-state index in [2.05, 4.69) is 20.0 Å². The van der Waals surface area contributed by atoms with Crippen molar-refractivity contribution < 1.29 is 12.9 Å². The topological polar surface area (TPSA) is 111 Å². The lowest BCUT2D eigenvalue weighted by atomic mass is 10.1. The first kappa shape index (κ1) is 13.7. The second-order valence-electron chi connectivity index (χ2n) is 4.07. The van der Waals surface area contributed by atoms with E-state index < -0.39 is 10.0 Å². The van der Waals surface area contributed by atoms with Crippen LogP contribution in [0.25, 0.3) is 0 Å². The Kier molecular flexibility index (Phi) is 3.93. The van der Waals surface area contributed by atoms with Crippen molar-refractivity contribution in [3.8, 4) is 0 Å². The fourth-order valence-corrected chi connectivity index (χ4v) is 2.16. The van der Waals surface area contributed by atoms with Gasteiger partial charge in [0.2, 0.25) is 16.4 Å². The lowest BCUT2D eigenvalue weighted by Gasteiger charge is -2.13. The van der Waals surface area contributed by atoms with Gasteiger partial charge in [-0.05, 0) is 24.6 Å². The molecule has 19 heavy (non-hydrogen) atoms. The van der Waals surface area contributed by atoms with Crippen LogP contribution in [0.1, 0.15) is 24.4 Å². The van der Waals surface area contributed by atoms with Crippen LogP contribution >= 0.6 is 0 Å². The summed E-state index contributed by atoms with van der Waals surface area (Å²) < 4.78 is 27.2. The number of hydrogen-bond acceptors (Lipinski definition) is 6. The maximum absolute atomic E-state index is 11.3. The Morgan fingerprint density at radius 2 is 2.26 bits per heavy atom. The lowest BCUT2D eigenvalue weighted by Crippen LogP contribution is -2.19. The second-order valence-corrected chi connectivity index (χ2v) is 5.63. The molecule has 1 unspecified atom stereocenters. The lowest BCUT2D eigenvalue weighted by molar-refractivity contribution is 0.405. The molecule has 0 fully saturated rings. The summed E-state index contributed by atoms with van der Waals surface area (Å²) in [4.78, 5) is 3.98. The van der Waals surface area contributed by atoms with Gasteiger partial charge in [0.25, 0.3) is 0 Å². The van der Waals surface area contributed by atoms with Crippen molar-refractivity contribution in [3.63, 3.8) is 0 Å². The summed E-state index contributed by atoms with van der Waals surface area (Å²) in [5.74, 6) is 0.537. The van der Waals surface area contributed by atoms with Crippen molar-refractivity contribution in [1.29, 1.82) is 0 Å². The van der Waals surface area contributed by atoms with Crippen LogP contribution in [0.5, 0.6) is 0 Å². The molecule has 2 aromatic rings. The maximum atomic E-state index is 11.3. The molecule has 0 spiro atoms. The van der Waals surface area contributed by atoms with Gasteiger partial charge in [-0.1, -0.05) is 17.3 Å². The Morgan fingerprint density at radius 1 is 1.47 bits per heavy atom. The zero-order chi connectivity index (χ0) is 13.9. The number of rotatable bonds is 5. The quantitative estimate of drug-likeness (QED) is 0.829. The predicted octanol–water partition coefficient (Wildman–Crippen LogP) is 0.568. The van der Waals surface area contributed by atoms with Gasteiger partial charge in [0.1, 0.15) is 0 Å². The first-order chi connectivity index (χ1) is 8.97. The zero-order valence-corrected chi connectivity index (χ0v) is 11.1. The average molecular weight is 282 g/mol. The van der Waals surface area contributed by atoms with E-state index in [1.54, 1.807) is 12.1 Å². The molecule has 0 bridgehead atoms. The third-order valence-corrected chi connectivity index (χ3v) is 3.57. The highest BCUT2D eigenvalue weighted by Gasteiger charge is 2.11. The van der Waals surface area contributed by atoms with E-state index in [0.29, 0.717) is 12.4 Å². The molecule has 1 heterocycles. The zero-order valence-electron chi connectivity index (χ0n) is 10.3. The molecule has 102 valence electrons. The summed E-state index contributed by atoms with van der Waals surface area (Å²) in [6, 6.07) is 6.42. The number of benzene rings is 1. The van der Waals surface area contributed by atoms with Gasteiger partial charge in [0, 0.05) is 6.04 Å². The minimum absolute atomic E-state index is 0.0693. The van der Waals surface area contributed by atoms with Gasteiger partial charge in [0.05, 0.1) is 11.4 Å². The fourth-order valence-electron chi connectivity index (χ4n) is 1.59. The summed E-state index contributed by atoms with van der Waals surface area (Å²) in [6.45, 7) is 2.33. The van der Waals surface area contributed by atoms with Crippen LogP contribution in [0.2, 0.25) is 0 Å². The van der Waals surface area contributed by atoms with Crippen LogP contribution < -0.4 is 10.5 Å². The van der Waals surface area contributed by atoms with Crippen LogP contribution in [-0.4, -0.2) is 18.6 Å². The van der Waals surface area contributed by atoms with Gasteiger partial charge >= 0.3 is 0 Å². The molecule has 0 amide bonds. The first-order valence-electron chi connectivity index (χ1n) is 5.58. The van der Waals surface area contributed by atoms with Gasteiger partial charge in [-0.15, -0.1) is 0 Å². The largest absolute Gasteiger partial charge is 0.343 e. The van der Waals surface area contributed by atoms with Crippen molar-refractivity contribution in [2.75, 3.05) is 0 Å². The molecular weight excluding hydrogens is 268 g/mol. The van der Waals surface area contributed by atoms with Crippen LogP contribution in [0.4, 0.5) is 0 Å². The van der Waals surface area contributed by atoms with Crippen LogP contribution in [0, 0.1) is 0 Å². The third kappa shape index (κ3) is 3.60. The summed E-state index contributed by atoms with van der Waals surface area (Å²) >= 11 is 0. The first-order valence-corrected chi connectivity index (χ1v) is 7.13. The minimum Gasteiger partial charge on any atom is -0.343 e. The molecule has 1 atom stereocenters. The molecule has 0 aliphatic carbocycles. The highest BCUT2D eigenvalue weighted by atomic mass is 32.2. The number of primary sulfonamides is 1. The van der Waals surface area contributed by atoms with Gasteiger partial charge in [-0.2, -0.15) is 4.98 Å². The van der Waals surface area contributed by atoms with E-state index >= 15 is 0 Å². The molecule has 0 saturated carbocycles. The number of hydrogen-bond donors (Lipinski definition) is 2. The summed E-state index contributed by atoms with van der Waals surface area (Å²) in [7, 11) is -3.68. The molecular formula is C11H14N4O3S. The summed E-state index contributed by atoms with van der Waals surface area (Å²) in [5, 5.41) is 11.9. The van der Waals surface area contributed by atoms with Gasteiger partial charge < -0.3 is 9.84 Å². The Bertz CT molecular complexity index is 640. The molecule has 0 aliphatic heterocycles. The normalized spacial score (nSPS) is 13.4. The molecule has 8 heteroatoms. The van der Waals surface area contributed by atoms with Crippen molar-refractivity contribution in [1.82, 2.24) is 15.5 Å². The predicted molar refractivity (Wildman–Crippen MR) is 67.4 cm³/mol. The van der Waals surface area contributed by atoms with Crippen molar-refractivity contribution in [2.45, 2.75) is 24.4 Å². The Balaban J connectivity index is 2.09. The Labute approximate surface area is 110 Å². The summed E-state index contributed by atoms with van der Waals surface area (Å²) in [5.41, 5.74) is 0.815. The average Bonchev–Trinajstić information content (AvgIpc) is 2.88. The van der Waals surface area contributed by atoms with E-state index in [-0.39, 0.29) is 10.9 Å². The van der Waals surface area contributed by atoms with Gasteiger partial charge in [-0.25, -0.2) is 13.6 Å². The SMILES string of the molecule is CC(NCc1ncon1)c1cccc(S(N)(=O)=O)c1. The second kappa shape index (κ2) is 5.47. The highest BCUT2D eigenvalue weighted by molar-refractivity contribution is 7.89. The molecule has 7 nitrogen and oxygen atoms in total. The standard InChI is InChI=1S/C11H14N4O3S/c1-8(13-6-11-14-7-18-15-11)9-3-2-4-10(5-9)19(12,16)17/h2-5,7-8,13H,6H2,1H3,(H2,12,16,17). The van der Waals surface area contributed by atoms with E-state index in [1.807, 2.05) is 13.0 Å². The van der Waals surface area contributed by atoms with Crippen LogP contribution in [0.3, 0.4) is 0 Å². The number of nitrogens with zero attached hydrogens (tertiary/aromatic N) is 2. The number of nitrogens with one attached hydrogen (secondary N) is 1. The van der Waals surface area contributed by atoms with Crippen molar-refractivity contribution in [3.05, 3.63) is 42.0 Å². The van der Waals surface area contributed by atoms with Crippen molar-refractivity contribution in [2.24, 2.45) is 5.14 Å². The van der Waals surface area contributed by atoms with Gasteiger partial charge in [0.15, 0.2) is 5.82 Å². The van der Waals surface area contributed by atoms with Crippen LogP contribution in [0.15, 0.2) is 40.1 Å². The number of sulfonamides is 1. The molecule has 2 rings (SSSR count). The smallest absolute Gasteiger partial charge is 0.238 e. The van der Waals surface area contributed by atoms with E-state index in [0.717, 1.165) is 5.56 Å². The minimum atomic E-state index is -3.68. The number of nitrogens with two attached hydrogens (primary N) is 1. The van der Waals surface area contributed by atoms with Crippen LogP contribution in [-0.2, 0) is 16.6 Å². The number of aromatic nitrogens is 2. The van der Waals surface area contributed by atoms with E-state index in [1.165, 1.54) is 12.5 Å². The Hall–Kier alpha value is -1.77. The van der Waals surface area contributed by atoms with Gasteiger partial charge in [-0.3, -0.25) is 0 Å². The van der Waals surface area contributed by atoms with Crippen molar-refractivity contribution >= 4 is 10.0 Å². The maximum Gasteiger partial charge on any atom is 0.238 e. The van der Waals surface area contributed by atoms with E-state index in [9.17, 15) is 8.42 Å². The highest BCUT2D eigenvalue weighted by Crippen LogP contribution is 2.16. The third-order valence-electron chi connectivity index (χ3n) is 2.66.